The van der Waals surface area contributed by atoms with Gasteiger partial charge in [-0.15, -0.1) is 0 Å². The molecule has 47 heavy (non-hydrogen) atoms. The first-order valence-electron chi connectivity index (χ1n) is 15.9. The minimum absolute atomic E-state index is 0.0133. The summed E-state index contributed by atoms with van der Waals surface area (Å²) in [6.07, 6.45) is 4.92. The normalized spacial score (nSPS) is 14.2. The number of hydrogen-bond acceptors (Lipinski definition) is 5. The fourth-order valence-electron chi connectivity index (χ4n) is 5.61. The van der Waals surface area contributed by atoms with Gasteiger partial charge in [0.05, 0.1) is 10.6 Å². The molecule has 1 N–H and O–H groups in total. The molecule has 0 saturated heterocycles. The average molecular weight is 658 g/mol. The number of carbonyl (C=O) groups is 2. The maximum atomic E-state index is 14.2. The smallest absolute Gasteiger partial charge is 0.264 e. The number of carbonyl (C=O) groups excluding carboxylic acids is 2. The molecule has 8 nitrogen and oxygen atoms in total. The summed E-state index contributed by atoms with van der Waals surface area (Å²) in [5.74, 6) is -0.213. The van der Waals surface area contributed by atoms with E-state index in [1.165, 1.54) is 29.2 Å². The quantitative estimate of drug-likeness (QED) is 0.177. The van der Waals surface area contributed by atoms with Gasteiger partial charge in [0, 0.05) is 12.6 Å². The standard InChI is InChI=1S/C37H40FN3O5S/c1-27-13-23-35(24-14-27)47(44,45)41(32-19-21-34(22-20-32)46-33-11-7-4-8-12-33)26-36(42)40(25-29-15-17-30(38)18-16-29)28(2)37(43)39-31-9-5-3-6-10-31/h4,7-8,11-24,28,31H,3,5-6,9-10,25-26H2,1-2H3,(H,39,43)/t28-/m1/s1. The number of anilines is 1. The summed E-state index contributed by atoms with van der Waals surface area (Å²) < 4.78 is 49.0. The van der Waals surface area contributed by atoms with Crippen molar-refractivity contribution >= 4 is 27.5 Å². The molecule has 0 bridgehead atoms. The number of aryl methyl sites for hydroxylation is 1. The predicted octanol–water partition coefficient (Wildman–Crippen LogP) is 6.99. The molecule has 1 saturated carbocycles. The lowest BCUT2D eigenvalue weighted by Crippen LogP contribution is -2.53. The number of halogens is 1. The molecule has 1 fully saturated rings. The van der Waals surface area contributed by atoms with Crippen LogP contribution in [0, 0.1) is 12.7 Å². The van der Waals surface area contributed by atoms with E-state index < -0.39 is 34.3 Å². The van der Waals surface area contributed by atoms with E-state index in [1.807, 2.05) is 37.3 Å². The van der Waals surface area contributed by atoms with Crippen LogP contribution in [0.1, 0.15) is 50.2 Å². The van der Waals surface area contributed by atoms with E-state index in [2.05, 4.69) is 5.32 Å². The van der Waals surface area contributed by atoms with Crippen molar-refractivity contribution in [2.75, 3.05) is 10.8 Å². The first-order valence-corrected chi connectivity index (χ1v) is 17.3. The van der Waals surface area contributed by atoms with Crippen LogP contribution in [0.5, 0.6) is 11.5 Å². The van der Waals surface area contributed by atoms with Crippen LogP contribution in [0.3, 0.4) is 0 Å². The van der Waals surface area contributed by atoms with Crippen molar-refractivity contribution in [3.8, 4) is 11.5 Å². The second-order valence-electron chi connectivity index (χ2n) is 11.9. The Morgan fingerprint density at radius 2 is 1.47 bits per heavy atom. The van der Waals surface area contributed by atoms with E-state index in [1.54, 1.807) is 55.5 Å². The van der Waals surface area contributed by atoms with Crippen LogP contribution in [-0.4, -0.2) is 43.8 Å². The molecular weight excluding hydrogens is 617 g/mol. The van der Waals surface area contributed by atoms with Gasteiger partial charge < -0.3 is 15.0 Å². The highest BCUT2D eigenvalue weighted by atomic mass is 32.2. The van der Waals surface area contributed by atoms with Crippen LogP contribution in [0.25, 0.3) is 0 Å². The molecule has 10 heteroatoms. The van der Waals surface area contributed by atoms with E-state index >= 15 is 0 Å². The van der Waals surface area contributed by atoms with Gasteiger partial charge in [0.1, 0.15) is 29.9 Å². The molecule has 0 aliphatic heterocycles. The number of para-hydroxylation sites is 1. The van der Waals surface area contributed by atoms with Crippen LogP contribution >= 0.6 is 0 Å². The molecular formula is C37H40FN3O5S. The Hall–Kier alpha value is -4.70. The number of hydrogen-bond donors (Lipinski definition) is 1. The molecule has 1 aliphatic carbocycles. The Balaban J connectivity index is 1.46. The molecule has 0 spiro atoms. The zero-order valence-electron chi connectivity index (χ0n) is 26.6. The Labute approximate surface area is 276 Å². The van der Waals surface area contributed by atoms with Gasteiger partial charge in [0.25, 0.3) is 10.0 Å². The van der Waals surface area contributed by atoms with E-state index in [9.17, 15) is 22.4 Å². The van der Waals surface area contributed by atoms with Crippen molar-refractivity contribution in [1.82, 2.24) is 10.2 Å². The summed E-state index contributed by atoms with van der Waals surface area (Å²) in [6.45, 7) is 2.91. The van der Waals surface area contributed by atoms with Crippen LogP contribution in [-0.2, 0) is 26.2 Å². The molecule has 246 valence electrons. The number of nitrogens with zero attached hydrogens (tertiary/aromatic N) is 2. The fraction of sp³-hybridized carbons (Fsp3) is 0.297. The second kappa shape index (κ2) is 15.3. The Morgan fingerprint density at radius 3 is 2.11 bits per heavy atom. The van der Waals surface area contributed by atoms with E-state index in [4.69, 9.17) is 4.74 Å². The third-order valence-electron chi connectivity index (χ3n) is 8.38. The lowest BCUT2D eigenvalue weighted by atomic mass is 9.95. The molecule has 0 aromatic heterocycles. The van der Waals surface area contributed by atoms with Gasteiger partial charge in [-0.25, -0.2) is 12.8 Å². The number of ether oxygens (including phenoxy) is 1. The molecule has 0 radical (unpaired) electrons. The summed E-state index contributed by atoms with van der Waals surface area (Å²) in [6, 6.07) is 26.8. The van der Waals surface area contributed by atoms with Gasteiger partial charge in [0.2, 0.25) is 11.8 Å². The summed E-state index contributed by atoms with van der Waals surface area (Å²) >= 11 is 0. The van der Waals surface area contributed by atoms with Gasteiger partial charge in [0.15, 0.2) is 0 Å². The second-order valence-corrected chi connectivity index (χ2v) is 13.8. The van der Waals surface area contributed by atoms with Crippen molar-refractivity contribution in [1.29, 1.82) is 0 Å². The summed E-state index contributed by atoms with van der Waals surface area (Å²) in [7, 11) is -4.22. The Bertz CT molecular complexity index is 1740. The minimum atomic E-state index is -4.22. The largest absolute Gasteiger partial charge is 0.457 e. The number of benzene rings is 4. The fourth-order valence-corrected chi connectivity index (χ4v) is 7.02. The molecule has 4 aromatic carbocycles. The van der Waals surface area contributed by atoms with Crippen molar-refractivity contribution in [2.24, 2.45) is 0 Å². The highest BCUT2D eigenvalue weighted by molar-refractivity contribution is 7.92. The molecule has 4 aromatic rings. The first-order chi connectivity index (χ1) is 22.6. The van der Waals surface area contributed by atoms with Crippen LogP contribution in [0.15, 0.2) is 108 Å². The zero-order chi connectivity index (χ0) is 33.4. The number of nitrogens with one attached hydrogen (secondary N) is 1. The zero-order valence-corrected chi connectivity index (χ0v) is 27.5. The topological polar surface area (TPSA) is 96.0 Å². The summed E-state index contributed by atoms with van der Waals surface area (Å²) in [5.41, 5.74) is 1.74. The van der Waals surface area contributed by atoms with Crippen LogP contribution in [0.2, 0.25) is 0 Å². The highest BCUT2D eigenvalue weighted by Crippen LogP contribution is 2.29. The molecule has 1 atom stereocenters. The maximum absolute atomic E-state index is 14.2. The molecule has 1 aliphatic rings. The lowest BCUT2D eigenvalue weighted by Gasteiger charge is -2.33. The van der Waals surface area contributed by atoms with Crippen molar-refractivity contribution in [2.45, 2.75) is 69.5 Å². The van der Waals surface area contributed by atoms with Gasteiger partial charge in [-0.1, -0.05) is 67.3 Å². The van der Waals surface area contributed by atoms with E-state index in [0.717, 1.165) is 42.0 Å². The Morgan fingerprint density at radius 1 is 0.851 bits per heavy atom. The third kappa shape index (κ3) is 8.77. The predicted molar refractivity (Wildman–Crippen MR) is 180 cm³/mol. The first kappa shape index (κ1) is 33.7. The van der Waals surface area contributed by atoms with Crippen molar-refractivity contribution < 1.29 is 27.1 Å². The minimum Gasteiger partial charge on any atom is -0.457 e. The molecule has 0 unspecified atom stereocenters. The molecule has 5 rings (SSSR count). The molecule has 2 amide bonds. The van der Waals surface area contributed by atoms with E-state index in [0.29, 0.717) is 17.1 Å². The maximum Gasteiger partial charge on any atom is 0.264 e. The van der Waals surface area contributed by atoms with Crippen LogP contribution < -0.4 is 14.4 Å². The Kier molecular flexibility index (Phi) is 10.9. The summed E-state index contributed by atoms with van der Waals surface area (Å²) in [5, 5.41) is 3.08. The SMILES string of the molecule is Cc1ccc(S(=O)(=O)N(CC(=O)N(Cc2ccc(F)cc2)[C@H](C)C(=O)NC2CCCCC2)c2ccc(Oc3ccccc3)cc2)cc1. The van der Waals surface area contributed by atoms with Gasteiger partial charge in [-0.3, -0.25) is 13.9 Å². The van der Waals surface area contributed by atoms with Crippen LogP contribution in [0.4, 0.5) is 10.1 Å². The van der Waals surface area contributed by atoms with Gasteiger partial charge in [-0.05, 0) is 92.9 Å². The lowest BCUT2D eigenvalue weighted by molar-refractivity contribution is -0.139. The average Bonchev–Trinajstić information content (AvgIpc) is 3.08. The monoisotopic (exact) mass is 657 g/mol. The summed E-state index contributed by atoms with van der Waals surface area (Å²) in [4.78, 5) is 29.1. The van der Waals surface area contributed by atoms with Crippen molar-refractivity contribution in [3.63, 3.8) is 0 Å². The third-order valence-corrected chi connectivity index (χ3v) is 10.2. The number of sulfonamides is 1. The number of rotatable bonds is 12. The van der Waals surface area contributed by atoms with Gasteiger partial charge in [-0.2, -0.15) is 0 Å². The number of amides is 2. The van der Waals surface area contributed by atoms with Crippen molar-refractivity contribution in [3.05, 3.63) is 120 Å². The molecule has 0 heterocycles. The highest BCUT2D eigenvalue weighted by Gasteiger charge is 2.33. The van der Waals surface area contributed by atoms with Gasteiger partial charge >= 0.3 is 0 Å². The van der Waals surface area contributed by atoms with E-state index in [-0.39, 0.29) is 29.1 Å².